The molecule has 6 aromatic rings. The molecular weight excluding hydrogens is 483 g/mol. The molecule has 0 aliphatic rings. The number of hydrogen-bond acceptors (Lipinski definition) is 6. The fourth-order valence-electron chi connectivity index (χ4n) is 4.47. The number of hydrogen-bond donors (Lipinski definition) is 3. The van der Waals surface area contributed by atoms with Crippen LogP contribution in [0.25, 0.3) is 55.8 Å². The third-order valence-corrected chi connectivity index (χ3v) is 6.17. The van der Waals surface area contributed by atoms with Crippen LogP contribution in [0, 0.1) is 11.7 Å². The number of aromatic nitrogens is 7. The Balaban J connectivity index is 1.42. The van der Waals surface area contributed by atoms with Crippen LogP contribution in [0.15, 0.2) is 67.4 Å². The Hall–Kier alpha value is -4.99. The van der Waals surface area contributed by atoms with Gasteiger partial charge in [0.05, 0.1) is 34.0 Å². The number of carbonyl (C=O) groups excluding carboxylic acids is 1. The first-order chi connectivity index (χ1) is 18.5. The molecule has 5 aromatic heterocycles. The predicted molar refractivity (Wildman–Crippen MR) is 143 cm³/mol. The van der Waals surface area contributed by atoms with Gasteiger partial charge in [-0.15, -0.1) is 0 Å². The van der Waals surface area contributed by atoms with E-state index in [-0.39, 0.29) is 11.8 Å². The molecule has 0 unspecified atom stereocenters. The summed E-state index contributed by atoms with van der Waals surface area (Å²) in [6.07, 6.45) is 8.59. The highest BCUT2D eigenvalue weighted by Crippen LogP contribution is 2.35. The maximum atomic E-state index is 16.1. The number of benzene rings is 1. The molecule has 188 valence electrons. The fourth-order valence-corrected chi connectivity index (χ4v) is 4.47. The van der Waals surface area contributed by atoms with E-state index in [1.807, 2.05) is 32.0 Å². The molecule has 38 heavy (non-hydrogen) atoms. The first-order valence-corrected chi connectivity index (χ1v) is 12.2. The zero-order valence-electron chi connectivity index (χ0n) is 20.7. The van der Waals surface area contributed by atoms with Crippen LogP contribution >= 0.6 is 0 Å². The smallest absolute Gasteiger partial charge is 0.224 e. The highest BCUT2D eigenvalue weighted by molar-refractivity contribution is 5.98. The minimum absolute atomic E-state index is 0.113. The first-order valence-electron chi connectivity index (χ1n) is 12.2. The summed E-state index contributed by atoms with van der Waals surface area (Å²) in [5, 5.41) is 10.4. The summed E-state index contributed by atoms with van der Waals surface area (Å²) in [4.78, 5) is 33.0. The second kappa shape index (κ2) is 9.47. The molecular formula is C28H23FN8O. The van der Waals surface area contributed by atoms with E-state index in [0.717, 1.165) is 11.1 Å². The average molecular weight is 507 g/mol. The maximum absolute atomic E-state index is 16.1. The van der Waals surface area contributed by atoms with E-state index in [1.165, 1.54) is 0 Å². The molecule has 1 aromatic carbocycles. The van der Waals surface area contributed by atoms with Gasteiger partial charge in [-0.2, -0.15) is 5.10 Å². The van der Waals surface area contributed by atoms with E-state index in [2.05, 4.69) is 35.5 Å². The van der Waals surface area contributed by atoms with Gasteiger partial charge in [-0.1, -0.05) is 13.8 Å². The lowest BCUT2D eigenvalue weighted by Crippen LogP contribution is -2.14. The summed E-state index contributed by atoms with van der Waals surface area (Å²) >= 11 is 0. The molecule has 0 bridgehead atoms. The molecule has 9 nitrogen and oxygen atoms in total. The van der Waals surface area contributed by atoms with E-state index in [0.29, 0.717) is 56.9 Å². The second-order valence-corrected chi connectivity index (χ2v) is 9.41. The monoisotopic (exact) mass is 506 g/mol. The maximum Gasteiger partial charge on any atom is 0.224 e. The number of rotatable bonds is 6. The molecule has 0 atom stereocenters. The van der Waals surface area contributed by atoms with E-state index in [1.54, 1.807) is 49.2 Å². The molecule has 3 N–H and O–H groups in total. The number of anilines is 1. The van der Waals surface area contributed by atoms with Crippen LogP contribution in [0.3, 0.4) is 0 Å². The number of nitrogens with zero attached hydrogens (tertiary/aromatic N) is 5. The van der Waals surface area contributed by atoms with Crippen LogP contribution in [0.4, 0.5) is 10.1 Å². The normalized spacial score (nSPS) is 11.5. The van der Waals surface area contributed by atoms with Crippen LogP contribution in [0.5, 0.6) is 0 Å². The Morgan fingerprint density at radius 2 is 1.82 bits per heavy atom. The first kappa shape index (κ1) is 23.4. The summed E-state index contributed by atoms with van der Waals surface area (Å²) < 4.78 is 16.1. The highest BCUT2D eigenvalue weighted by Gasteiger charge is 2.21. The van der Waals surface area contributed by atoms with Gasteiger partial charge in [-0.3, -0.25) is 24.8 Å². The van der Waals surface area contributed by atoms with Gasteiger partial charge in [0.25, 0.3) is 0 Å². The zero-order valence-corrected chi connectivity index (χ0v) is 20.7. The zero-order chi connectivity index (χ0) is 26.2. The van der Waals surface area contributed by atoms with Gasteiger partial charge in [0.2, 0.25) is 5.91 Å². The lowest BCUT2D eigenvalue weighted by Gasteiger charge is -2.09. The number of aromatic amines is 2. The number of amides is 1. The van der Waals surface area contributed by atoms with Crippen LogP contribution < -0.4 is 5.32 Å². The van der Waals surface area contributed by atoms with Crippen molar-refractivity contribution in [3.05, 3.63) is 73.2 Å². The van der Waals surface area contributed by atoms with Gasteiger partial charge < -0.3 is 10.3 Å². The van der Waals surface area contributed by atoms with Crippen molar-refractivity contribution in [3.63, 3.8) is 0 Å². The van der Waals surface area contributed by atoms with E-state index in [4.69, 9.17) is 4.98 Å². The standard InChI is InChI=1S/C28H23FN8O/c1-15(2)11-22(38)33-18-12-17(13-31-14-18)19-3-4-20-23(24(19)29)27(37-36-20)28-34-21-7-10-32-25(26(21)35-28)16-5-8-30-9-6-16/h3-10,12-15H,11H2,1-2H3,(H,33,38)(H,34,35)(H,36,37). The van der Waals surface area contributed by atoms with Crippen LogP contribution in [0.2, 0.25) is 0 Å². The molecule has 0 aliphatic carbocycles. The Morgan fingerprint density at radius 1 is 0.974 bits per heavy atom. The number of fused-ring (bicyclic) bond motifs is 2. The van der Waals surface area contributed by atoms with E-state index in [9.17, 15) is 4.79 Å². The van der Waals surface area contributed by atoms with Gasteiger partial charge in [-0.05, 0) is 42.3 Å². The Labute approximate surface area is 216 Å². The summed E-state index contributed by atoms with van der Waals surface area (Å²) in [6.45, 7) is 3.94. The van der Waals surface area contributed by atoms with Crippen molar-refractivity contribution in [1.82, 2.24) is 35.1 Å². The quantitative estimate of drug-likeness (QED) is 0.264. The third-order valence-electron chi connectivity index (χ3n) is 6.17. The lowest BCUT2D eigenvalue weighted by atomic mass is 10.0. The minimum atomic E-state index is -0.466. The Morgan fingerprint density at radius 3 is 2.63 bits per heavy atom. The van der Waals surface area contributed by atoms with Crippen molar-refractivity contribution in [2.24, 2.45) is 5.92 Å². The lowest BCUT2D eigenvalue weighted by molar-refractivity contribution is -0.116. The van der Waals surface area contributed by atoms with Crippen molar-refractivity contribution in [2.75, 3.05) is 5.32 Å². The van der Waals surface area contributed by atoms with Gasteiger partial charge in [0.15, 0.2) is 5.82 Å². The molecule has 0 saturated carbocycles. The van der Waals surface area contributed by atoms with Gasteiger partial charge in [0, 0.05) is 47.9 Å². The third kappa shape index (κ3) is 4.26. The Kier molecular flexibility index (Phi) is 5.83. The van der Waals surface area contributed by atoms with Crippen molar-refractivity contribution in [2.45, 2.75) is 20.3 Å². The van der Waals surface area contributed by atoms with Crippen molar-refractivity contribution < 1.29 is 9.18 Å². The molecule has 0 fully saturated rings. The molecule has 1 amide bonds. The van der Waals surface area contributed by atoms with Crippen LogP contribution in [-0.2, 0) is 4.79 Å². The van der Waals surface area contributed by atoms with Gasteiger partial charge in [-0.25, -0.2) is 9.37 Å². The molecule has 0 spiro atoms. The van der Waals surface area contributed by atoms with E-state index < -0.39 is 5.82 Å². The molecule has 6 rings (SSSR count). The van der Waals surface area contributed by atoms with Crippen LogP contribution in [0.1, 0.15) is 20.3 Å². The number of nitrogens with one attached hydrogen (secondary N) is 3. The second-order valence-electron chi connectivity index (χ2n) is 9.41. The van der Waals surface area contributed by atoms with Gasteiger partial charge in [0.1, 0.15) is 17.0 Å². The van der Waals surface area contributed by atoms with Crippen molar-refractivity contribution in [1.29, 1.82) is 0 Å². The molecule has 0 radical (unpaired) electrons. The summed E-state index contributed by atoms with van der Waals surface area (Å²) in [6, 6.07) is 10.7. The number of H-pyrrole nitrogens is 2. The van der Waals surface area contributed by atoms with E-state index >= 15 is 4.39 Å². The number of halogens is 1. The summed E-state index contributed by atoms with van der Waals surface area (Å²) in [5.74, 6) is 0.0582. The summed E-state index contributed by atoms with van der Waals surface area (Å²) in [7, 11) is 0. The topological polar surface area (TPSA) is 125 Å². The largest absolute Gasteiger partial charge is 0.336 e. The molecule has 5 heterocycles. The molecule has 10 heteroatoms. The fraction of sp³-hybridized carbons (Fsp3) is 0.143. The molecule has 0 saturated heterocycles. The van der Waals surface area contributed by atoms with Crippen molar-refractivity contribution >= 4 is 33.5 Å². The van der Waals surface area contributed by atoms with Gasteiger partial charge >= 0.3 is 0 Å². The number of pyridine rings is 3. The highest BCUT2D eigenvalue weighted by atomic mass is 19.1. The minimum Gasteiger partial charge on any atom is -0.336 e. The SMILES string of the molecule is CC(C)CC(=O)Nc1cncc(-c2ccc3[nH]nc(-c4nc5c(-c6ccncc6)nccc5[nH]4)c3c2F)c1. The Bertz CT molecular complexity index is 1790. The van der Waals surface area contributed by atoms with Crippen molar-refractivity contribution in [3.8, 4) is 33.9 Å². The summed E-state index contributed by atoms with van der Waals surface area (Å²) in [5.41, 5.74) is 5.23. The average Bonchev–Trinajstić information content (AvgIpc) is 3.54. The molecule has 0 aliphatic heterocycles. The van der Waals surface area contributed by atoms with Crippen LogP contribution in [-0.4, -0.2) is 41.0 Å². The number of imidazole rings is 1. The predicted octanol–water partition coefficient (Wildman–Crippen LogP) is 5.75. The number of carbonyl (C=O) groups is 1.